The number of rotatable bonds is 10. The Morgan fingerprint density at radius 3 is 2.79 bits per heavy atom. The van der Waals surface area contributed by atoms with Gasteiger partial charge in [0.15, 0.2) is 6.61 Å². The van der Waals surface area contributed by atoms with Gasteiger partial charge in [-0.15, -0.1) is 6.42 Å². The van der Waals surface area contributed by atoms with Gasteiger partial charge in [-0.05, 0) is 19.1 Å². The molecular weight excluding hydrogens is 469 g/mol. The third-order valence-electron chi connectivity index (χ3n) is 4.85. The lowest BCUT2D eigenvalue weighted by Crippen LogP contribution is -2.38. The van der Waals surface area contributed by atoms with Crippen molar-refractivity contribution in [2.75, 3.05) is 13.2 Å². The summed E-state index contributed by atoms with van der Waals surface area (Å²) in [5, 5.41) is 10.3. The Labute approximate surface area is 194 Å². The van der Waals surface area contributed by atoms with Gasteiger partial charge >= 0.3 is 11.7 Å². The van der Waals surface area contributed by atoms with Crippen LogP contribution in [0.1, 0.15) is 19.6 Å². The SMILES string of the molecule is C#CCOC(=O)C(C)N(Oc1ccccc1)[PH](=O)OC[C@H]1O[C@@H](n2ccc(=O)[nH]c2=O)C[C@@H]1O. The van der Waals surface area contributed by atoms with Gasteiger partial charge in [-0.2, -0.15) is 0 Å². The number of H-pyrrole nitrogens is 1. The highest BCUT2D eigenvalue weighted by molar-refractivity contribution is 7.36. The van der Waals surface area contributed by atoms with E-state index in [4.69, 9.17) is 25.3 Å². The number of nitrogens with one attached hydrogen (secondary N) is 1. The van der Waals surface area contributed by atoms with Gasteiger partial charge in [0, 0.05) is 18.7 Å². The number of carbonyl (C=O) groups excluding carboxylic acids is 1. The quantitative estimate of drug-likeness (QED) is 0.207. The van der Waals surface area contributed by atoms with Crippen molar-refractivity contribution >= 4 is 14.1 Å². The van der Waals surface area contributed by atoms with E-state index < -0.39 is 49.9 Å². The number of nitrogens with zero attached hydrogens (tertiary/aromatic N) is 2. The summed E-state index contributed by atoms with van der Waals surface area (Å²) in [6.45, 7) is 0.819. The lowest BCUT2D eigenvalue weighted by atomic mass is 10.2. The predicted molar refractivity (Wildman–Crippen MR) is 119 cm³/mol. The van der Waals surface area contributed by atoms with Crippen LogP contribution in [0.25, 0.3) is 0 Å². The summed E-state index contributed by atoms with van der Waals surface area (Å²) in [5.41, 5.74) is -1.26. The van der Waals surface area contributed by atoms with E-state index in [0.29, 0.717) is 5.75 Å². The number of esters is 1. The Hall–Kier alpha value is -3.20. The van der Waals surface area contributed by atoms with Crippen molar-refractivity contribution in [2.24, 2.45) is 0 Å². The van der Waals surface area contributed by atoms with Crippen LogP contribution in [0.3, 0.4) is 0 Å². The minimum absolute atomic E-state index is 0.0416. The van der Waals surface area contributed by atoms with Gasteiger partial charge in [-0.1, -0.05) is 29.0 Å². The predicted octanol–water partition coefficient (Wildman–Crippen LogP) is 0.452. The third kappa shape index (κ3) is 6.44. The topological polar surface area (TPSA) is 149 Å². The van der Waals surface area contributed by atoms with Gasteiger partial charge in [0.1, 0.15) is 24.1 Å². The first-order valence-electron chi connectivity index (χ1n) is 10.2. The van der Waals surface area contributed by atoms with E-state index in [1.807, 2.05) is 0 Å². The zero-order valence-electron chi connectivity index (χ0n) is 18.2. The second-order valence-corrected chi connectivity index (χ2v) is 8.51. The molecule has 5 atom stereocenters. The highest BCUT2D eigenvalue weighted by Crippen LogP contribution is 2.35. The number of ether oxygens (including phenoxy) is 2. The largest absolute Gasteiger partial charge is 0.451 e. The van der Waals surface area contributed by atoms with Crippen molar-refractivity contribution in [3.05, 3.63) is 63.4 Å². The Kier molecular flexibility index (Phi) is 8.81. The van der Waals surface area contributed by atoms with Crippen LogP contribution < -0.4 is 16.1 Å². The molecule has 1 aromatic heterocycles. The molecule has 12 nitrogen and oxygen atoms in total. The molecule has 1 fully saturated rings. The van der Waals surface area contributed by atoms with E-state index in [9.17, 15) is 24.1 Å². The summed E-state index contributed by atoms with van der Waals surface area (Å²) in [7, 11) is -3.20. The number of terminal acetylenes is 1. The molecule has 0 spiro atoms. The van der Waals surface area contributed by atoms with Crippen LogP contribution in [0.15, 0.2) is 52.2 Å². The molecule has 1 aromatic carbocycles. The maximum absolute atomic E-state index is 13.0. The van der Waals surface area contributed by atoms with Gasteiger partial charge in [0.2, 0.25) is 0 Å². The average molecular weight is 493 g/mol. The van der Waals surface area contributed by atoms with Crippen molar-refractivity contribution in [3.63, 3.8) is 0 Å². The maximum atomic E-state index is 13.0. The molecule has 182 valence electrons. The Bertz CT molecular complexity index is 1160. The number of aromatic amines is 1. The van der Waals surface area contributed by atoms with Crippen molar-refractivity contribution in [2.45, 2.75) is 37.8 Å². The maximum Gasteiger partial charge on any atom is 0.330 e. The highest BCUT2D eigenvalue weighted by Gasteiger charge is 2.37. The molecule has 3 rings (SSSR count). The zero-order chi connectivity index (χ0) is 24.7. The molecular formula is C21H24N3O9P. The average Bonchev–Trinajstić information content (AvgIpc) is 3.19. The van der Waals surface area contributed by atoms with Gasteiger partial charge in [-0.25, -0.2) is 4.79 Å². The van der Waals surface area contributed by atoms with Crippen molar-refractivity contribution in [3.8, 4) is 18.1 Å². The lowest BCUT2D eigenvalue weighted by molar-refractivity contribution is -0.153. The molecule has 1 aliphatic rings. The molecule has 0 aliphatic carbocycles. The van der Waals surface area contributed by atoms with Crippen LogP contribution in [-0.4, -0.2) is 56.9 Å². The first-order chi connectivity index (χ1) is 16.3. The second kappa shape index (κ2) is 11.8. The first kappa shape index (κ1) is 25.4. The molecule has 2 aromatic rings. The first-order valence-corrected chi connectivity index (χ1v) is 11.5. The Morgan fingerprint density at radius 2 is 2.12 bits per heavy atom. The summed E-state index contributed by atoms with van der Waals surface area (Å²) in [4.78, 5) is 44.1. The summed E-state index contributed by atoms with van der Waals surface area (Å²) in [6.07, 6.45) is 3.57. The Balaban J connectivity index is 1.67. The summed E-state index contributed by atoms with van der Waals surface area (Å²) in [6, 6.07) is 8.34. The van der Waals surface area contributed by atoms with Crippen molar-refractivity contribution < 1.29 is 33.3 Å². The standard InChI is InChI=1S/C21H24N3O9P/c1-3-11-30-20(27)14(2)24(33-15-7-5-4-6-8-15)34(29)31-13-17-16(25)12-19(32-17)23-10-9-18(26)22-21(23)28/h1,4-10,14,16-17,19,25,34H,11-13H2,2H3,(H,22,26,28)/t14?,16-,17+,19+/m0/s1. The van der Waals surface area contributed by atoms with Crippen LogP contribution >= 0.6 is 8.18 Å². The van der Waals surface area contributed by atoms with E-state index in [1.165, 1.54) is 13.1 Å². The van der Waals surface area contributed by atoms with Crippen LogP contribution in [0, 0.1) is 12.3 Å². The normalized spacial score (nSPS) is 21.5. The molecule has 2 unspecified atom stereocenters. The fourth-order valence-electron chi connectivity index (χ4n) is 3.11. The lowest BCUT2D eigenvalue weighted by Gasteiger charge is -2.26. The minimum atomic E-state index is -3.20. The molecule has 2 heterocycles. The smallest absolute Gasteiger partial charge is 0.330 e. The molecule has 0 amide bonds. The molecule has 0 bridgehead atoms. The molecule has 0 saturated carbocycles. The molecule has 34 heavy (non-hydrogen) atoms. The van der Waals surface area contributed by atoms with Crippen molar-refractivity contribution in [1.82, 2.24) is 14.4 Å². The number of hydrogen-bond acceptors (Lipinski definition) is 9. The highest BCUT2D eigenvalue weighted by atomic mass is 31.1. The fourth-order valence-corrected chi connectivity index (χ4v) is 4.14. The Morgan fingerprint density at radius 1 is 1.38 bits per heavy atom. The second-order valence-electron chi connectivity index (χ2n) is 7.24. The van der Waals surface area contributed by atoms with Crippen LogP contribution in [-0.2, 0) is 23.4 Å². The number of carbonyl (C=O) groups is 1. The van der Waals surface area contributed by atoms with E-state index in [1.54, 1.807) is 30.3 Å². The monoisotopic (exact) mass is 493 g/mol. The summed E-state index contributed by atoms with van der Waals surface area (Å²) >= 11 is 0. The number of para-hydroxylation sites is 1. The van der Waals surface area contributed by atoms with Crippen LogP contribution in [0.5, 0.6) is 5.75 Å². The van der Waals surface area contributed by atoms with Gasteiger partial charge in [0.05, 0.1) is 12.7 Å². The third-order valence-corrected chi connectivity index (χ3v) is 6.11. The molecule has 1 saturated heterocycles. The molecule has 2 N–H and O–H groups in total. The molecule has 1 aliphatic heterocycles. The number of benzene rings is 1. The number of aromatic nitrogens is 2. The van der Waals surface area contributed by atoms with E-state index in [0.717, 1.165) is 15.5 Å². The zero-order valence-corrected chi connectivity index (χ0v) is 19.2. The van der Waals surface area contributed by atoms with E-state index in [-0.39, 0.29) is 19.6 Å². The minimum Gasteiger partial charge on any atom is -0.451 e. The van der Waals surface area contributed by atoms with Gasteiger partial charge < -0.3 is 23.9 Å². The van der Waals surface area contributed by atoms with E-state index in [2.05, 4.69) is 10.9 Å². The summed E-state index contributed by atoms with van der Waals surface area (Å²) < 4.78 is 30.1. The molecule has 13 heteroatoms. The fraction of sp³-hybridized carbons (Fsp3) is 0.381. The van der Waals surface area contributed by atoms with Crippen LogP contribution in [0.2, 0.25) is 0 Å². The van der Waals surface area contributed by atoms with E-state index >= 15 is 0 Å². The summed E-state index contributed by atoms with van der Waals surface area (Å²) in [5.74, 6) is 1.70. The number of aliphatic hydroxyl groups is 1. The number of aliphatic hydroxyl groups excluding tert-OH is 1. The van der Waals surface area contributed by atoms with Gasteiger partial charge in [0.25, 0.3) is 13.7 Å². The van der Waals surface area contributed by atoms with Gasteiger partial charge in [-0.3, -0.25) is 23.7 Å². The van der Waals surface area contributed by atoms with Crippen LogP contribution in [0.4, 0.5) is 0 Å². The number of hydrogen-bond donors (Lipinski definition) is 2. The van der Waals surface area contributed by atoms with Crippen molar-refractivity contribution in [1.29, 1.82) is 0 Å². The molecule has 0 radical (unpaired) electrons. The number of hydroxylamine groups is 1.